The number of aromatic hydroxyl groups is 2. The molecule has 0 fully saturated rings. The third kappa shape index (κ3) is 22.7. The summed E-state index contributed by atoms with van der Waals surface area (Å²) in [6, 6.07) is 17.4. The molecule has 2 aromatic rings. The zero-order valence-corrected chi connectivity index (χ0v) is 11.8. The topological polar surface area (TPSA) is 98.0 Å². The van der Waals surface area contributed by atoms with Gasteiger partial charge in [0.1, 0.15) is 11.5 Å². The summed E-state index contributed by atoms with van der Waals surface area (Å²) in [7, 11) is 0. The zero-order valence-electron chi connectivity index (χ0n) is 11.8. The normalized spacial score (nSPS) is 7.48. The van der Waals surface area contributed by atoms with Crippen molar-refractivity contribution in [3.8, 4) is 11.5 Å². The van der Waals surface area contributed by atoms with E-state index in [2.05, 4.69) is 6.58 Å². The van der Waals surface area contributed by atoms with E-state index < -0.39 is 6.16 Å². The molecular formula is C16H20O5. The number of allylic oxidation sites excluding steroid dienone is 1. The van der Waals surface area contributed by atoms with Gasteiger partial charge in [0.05, 0.1) is 0 Å². The molecular weight excluding hydrogens is 272 g/mol. The van der Waals surface area contributed by atoms with Crippen molar-refractivity contribution in [3.63, 3.8) is 0 Å². The minimum Gasteiger partial charge on any atom is -0.508 e. The molecule has 114 valence electrons. The van der Waals surface area contributed by atoms with Crippen LogP contribution in [0.1, 0.15) is 6.92 Å². The van der Waals surface area contributed by atoms with Crippen molar-refractivity contribution in [1.29, 1.82) is 0 Å². The number of carboxylic acid groups (broad SMARTS) is 2. The predicted molar refractivity (Wildman–Crippen MR) is 82.7 cm³/mol. The average Bonchev–Trinajstić information content (AvgIpc) is 2.41. The van der Waals surface area contributed by atoms with E-state index in [0.29, 0.717) is 11.5 Å². The van der Waals surface area contributed by atoms with E-state index in [-0.39, 0.29) is 0 Å². The van der Waals surface area contributed by atoms with Gasteiger partial charge in [-0.25, -0.2) is 4.79 Å². The van der Waals surface area contributed by atoms with Gasteiger partial charge in [-0.05, 0) is 31.2 Å². The van der Waals surface area contributed by atoms with Crippen LogP contribution in [0.4, 0.5) is 4.79 Å². The second kappa shape index (κ2) is 15.1. The number of phenols is 2. The van der Waals surface area contributed by atoms with Crippen molar-refractivity contribution < 1.29 is 25.2 Å². The van der Waals surface area contributed by atoms with E-state index in [9.17, 15) is 0 Å². The molecule has 5 heteroatoms. The molecule has 0 aromatic heterocycles. The van der Waals surface area contributed by atoms with Gasteiger partial charge in [0, 0.05) is 0 Å². The molecule has 0 bridgehead atoms. The predicted octanol–water partition coefficient (Wildman–Crippen LogP) is 4.20. The maximum atomic E-state index is 8.63. The molecule has 0 unspecified atom stereocenters. The Bertz CT molecular complexity index is 427. The fourth-order valence-electron chi connectivity index (χ4n) is 0.856. The largest absolute Gasteiger partial charge is 0.508 e. The smallest absolute Gasteiger partial charge is 0.503 e. The van der Waals surface area contributed by atoms with Crippen LogP contribution in [0, 0.1) is 0 Å². The summed E-state index contributed by atoms with van der Waals surface area (Å²) in [6.45, 7) is 5.25. The maximum Gasteiger partial charge on any atom is 0.503 e. The highest BCUT2D eigenvalue weighted by atomic mass is 16.6. The van der Waals surface area contributed by atoms with E-state index in [1.807, 2.05) is 19.1 Å². The molecule has 0 amide bonds. The lowest BCUT2D eigenvalue weighted by Gasteiger charge is -1.82. The number of phenolic OH excluding ortho intramolecular Hbond substituents is 2. The van der Waals surface area contributed by atoms with Crippen molar-refractivity contribution in [3.05, 3.63) is 73.3 Å². The van der Waals surface area contributed by atoms with Crippen LogP contribution >= 0.6 is 0 Å². The number of carbonyl (C=O) groups is 1. The molecule has 2 rings (SSSR count). The van der Waals surface area contributed by atoms with E-state index in [0.717, 1.165) is 0 Å². The first-order valence-electron chi connectivity index (χ1n) is 5.91. The molecule has 0 saturated carbocycles. The van der Waals surface area contributed by atoms with Crippen LogP contribution in [0.2, 0.25) is 0 Å². The lowest BCUT2D eigenvalue weighted by atomic mass is 10.3. The Kier molecular flexibility index (Phi) is 14.7. The number of rotatable bonds is 0. The van der Waals surface area contributed by atoms with E-state index in [1.54, 1.807) is 54.6 Å². The van der Waals surface area contributed by atoms with Crippen LogP contribution in [0.25, 0.3) is 0 Å². The van der Waals surface area contributed by atoms with Gasteiger partial charge in [-0.15, -0.1) is 6.58 Å². The lowest BCUT2D eigenvalue weighted by Crippen LogP contribution is -1.81. The molecule has 0 saturated heterocycles. The number of hydrogen-bond donors (Lipinski definition) is 4. The van der Waals surface area contributed by atoms with E-state index in [1.165, 1.54) is 0 Å². The molecule has 0 atom stereocenters. The van der Waals surface area contributed by atoms with Crippen LogP contribution in [-0.4, -0.2) is 26.6 Å². The molecule has 0 aliphatic rings. The van der Waals surface area contributed by atoms with Crippen molar-refractivity contribution in [1.82, 2.24) is 0 Å². The van der Waals surface area contributed by atoms with Gasteiger partial charge in [-0.2, -0.15) is 0 Å². The van der Waals surface area contributed by atoms with Crippen LogP contribution in [0.5, 0.6) is 11.5 Å². The summed E-state index contributed by atoms with van der Waals surface area (Å²) < 4.78 is 0. The highest BCUT2D eigenvalue weighted by Gasteiger charge is 1.75. The van der Waals surface area contributed by atoms with Crippen LogP contribution in [0.3, 0.4) is 0 Å². The summed E-state index contributed by atoms with van der Waals surface area (Å²) >= 11 is 0. The Morgan fingerprint density at radius 2 is 1.05 bits per heavy atom. The fraction of sp³-hybridized carbons (Fsp3) is 0.0625. The Morgan fingerprint density at radius 3 is 1.14 bits per heavy atom. The molecule has 5 nitrogen and oxygen atoms in total. The lowest BCUT2D eigenvalue weighted by molar-refractivity contribution is 0.137. The Hall–Kier alpha value is -2.95. The standard InChI is InChI=1S/2C6H6O.C3H6.CH2O3/c2*7-6-4-2-1-3-5-6;1-3-2;2-1(3)4/h2*1-5,7H;3H,1H2,2H3;(H2,2,3,4). The Morgan fingerprint density at radius 1 is 0.857 bits per heavy atom. The summed E-state index contributed by atoms with van der Waals surface area (Å²) in [5.41, 5.74) is 0. The van der Waals surface area contributed by atoms with E-state index in [4.69, 9.17) is 25.2 Å². The molecule has 0 spiro atoms. The first kappa shape index (κ1) is 20.4. The van der Waals surface area contributed by atoms with Crippen LogP contribution in [0.15, 0.2) is 73.3 Å². The molecule has 0 aliphatic carbocycles. The maximum absolute atomic E-state index is 8.63. The van der Waals surface area contributed by atoms with Crippen LogP contribution < -0.4 is 0 Å². The van der Waals surface area contributed by atoms with Gasteiger partial charge in [0.2, 0.25) is 0 Å². The third-order valence-corrected chi connectivity index (χ3v) is 1.51. The fourth-order valence-corrected chi connectivity index (χ4v) is 0.856. The highest BCUT2D eigenvalue weighted by molar-refractivity contribution is 5.53. The van der Waals surface area contributed by atoms with Crippen molar-refractivity contribution in [2.24, 2.45) is 0 Å². The van der Waals surface area contributed by atoms with E-state index >= 15 is 0 Å². The quantitative estimate of drug-likeness (QED) is 0.545. The second-order valence-corrected chi connectivity index (χ2v) is 3.36. The van der Waals surface area contributed by atoms with Gasteiger partial charge in [-0.1, -0.05) is 42.5 Å². The molecule has 2 aromatic carbocycles. The van der Waals surface area contributed by atoms with Crippen molar-refractivity contribution in [2.75, 3.05) is 0 Å². The Labute approximate surface area is 124 Å². The molecule has 0 heterocycles. The average molecular weight is 292 g/mol. The SMILES string of the molecule is C=CC.O=C(O)O.Oc1ccccc1.Oc1ccccc1. The molecule has 0 aliphatic heterocycles. The minimum atomic E-state index is -1.83. The first-order chi connectivity index (χ1) is 9.93. The summed E-state index contributed by atoms with van der Waals surface area (Å²) in [5.74, 6) is 0.644. The van der Waals surface area contributed by atoms with Gasteiger partial charge in [0.25, 0.3) is 0 Å². The van der Waals surface area contributed by atoms with Crippen molar-refractivity contribution in [2.45, 2.75) is 6.92 Å². The molecule has 4 N–H and O–H groups in total. The third-order valence-electron chi connectivity index (χ3n) is 1.51. The molecule has 21 heavy (non-hydrogen) atoms. The summed E-state index contributed by atoms with van der Waals surface area (Å²) in [5, 5.41) is 31.2. The zero-order chi connectivity index (χ0) is 16.5. The summed E-state index contributed by atoms with van der Waals surface area (Å²) in [6.07, 6.45) is -0.0833. The van der Waals surface area contributed by atoms with Gasteiger partial charge >= 0.3 is 6.16 Å². The monoisotopic (exact) mass is 292 g/mol. The Balaban J connectivity index is 0. The van der Waals surface area contributed by atoms with Crippen molar-refractivity contribution >= 4 is 6.16 Å². The second-order valence-electron chi connectivity index (χ2n) is 3.36. The van der Waals surface area contributed by atoms with Gasteiger partial charge in [0.15, 0.2) is 0 Å². The minimum absolute atomic E-state index is 0.322. The molecule has 0 radical (unpaired) electrons. The first-order valence-corrected chi connectivity index (χ1v) is 5.91. The van der Waals surface area contributed by atoms with Gasteiger partial charge < -0.3 is 20.4 Å². The number of hydrogen-bond acceptors (Lipinski definition) is 3. The number of benzene rings is 2. The van der Waals surface area contributed by atoms with Crippen LogP contribution in [-0.2, 0) is 0 Å². The summed E-state index contributed by atoms with van der Waals surface area (Å²) in [4.78, 5) is 8.56. The van der Waals surface area contributed by atoms with Gasteiger partial charge in [-0.3, -0.25) is 0 Å². The number of para-hydroxylation sites is 2. The highest BCUT2D eigenvalue weighted by Crippen LogP contribution is 2.03.